The van der Waals surface area contributed by atoms with Gasteiger partial charge in [-0.2, -0.15) is 0 Å². The molecular weight excluding hydrogens is 444 g/mol. The lowest BCUT2D eigenvalue weighted by molar-refractivity contribution is -0.113. The van der Waals surface area contributed by atoms with Crippen LogP contribution >= 0.6 is 11.8 Å². The Bertz CT molecular complexity index is 1620. The van der Waals surface area contributed by atoms with Crippen molar-refractivity contribution < 1.29 is 4.79 Å². The molecule has 6 nitrogen and oxygen atoms in total. The highest BCUT2D eigenvalue weighted by Crippen LogP contribution is 2.28. The van der Waals surface area contributed by atoms with Gasteiger partial charge in [-0.3, -0.25) is 14.2 Å². The third-order valence-corrected chi connectivity index (χ3v) is 7.00. The van der Waals surface area contributed by atoms with Gasteiger partial charge in [0.15, 0.2) is 5.16 Å². The third kappa shape index (κ3) is 3.88. The zero-order chi connectivity index (χ0) is 23.8. The van der Waals surface area contributed by atoms with Gasteiger partial charge in [-0.25, -0.2) is 4.98 Å². The van der Waals surface area contributed by atoms with Crippen molar-refractivity contribution in [2.75, 3.05) is 11.1 Å². The van der Waals surface area contributed by atoms with Gasteiger partial charge in [-0.1, -0.05) is 60.3 Å². The summed E-state index contributed by atoms with van der Waals surface area (Å²) in [4.78, 5) is 34.6. The Morgan fingerprint density at radius 3 is 2.53 bits per heavy atom. The number of aromatic amines is 1. The van der Waals surface area contributed by atoms with Crippen LogP contribution in [-0.4, -0.2) is 26.2 Å². The number of benzene rings is 3. The Kier molecular flexibility index (Phi) is 5.71. The number of aryl methyl sites for hydroxylation is 2. The number of nitrogens with zero attached hydrogens (tertiary/aromatic N) is 2. The highest BCUT2D eigenvalue weighted by Gasteiger charge is 2.19. The van der Waals surface area contributed by atoms with Gasteiger partial charge in [0, 0.05) is 16.6 Å². The molecule has 2 heterocycles. The van der Waals surface area contributed by atoms with E-state index in [-0.39, 0.29) is 17.2 Å². The molecule has 170 valence electrons. The standard InChI is InChI=1S/C27H24N4O2S/c1-16-10-8-14-22(18(16)3)31-26(33)25-24(19-11-5-7-13-21(19)29-25)30-27(31)34-15-23(32)28-20-12-6-4-9-17(20)2/h4-14,29H,15H2,1-3H3,(H,28,32). The van der Waals surface area contributed by atoms with Crippen LogP contribution in [0, 0.1) is 20.8 Å². The first-order valence-corrected chi connectivity index (χ1v) is 12.0. The van der Waals surface area contributed by atoms with Crippen LogP contribution in [0.5, 0.6) is 0 Å². The van der Waals surface area contributed by atoms with Crippen LogP contribution in [0.2, 0.25) is 0 Å². The van der Waals surface area contributed by atoms with E-state index >= 15 is 0 Å². The zero-order valence-electron chi connectivity index (χ0n) is 19.2. The topological polar surface area (TPSA) is 79.8 Å². The lowest BCUT2D eigenvalue weighted by Gasteiger charge is -2.15. The highest BCUT2D eigenvalue weighted by atomic mass is 32.2. The molecule has 2 N–H and O–H groups in total. The summed E-state index contributed by atoms with van der Waals surface area (Å²) in [7, 11) is 0. The second-order valence-electron chi connectivity index (χ2n) is 8.30. The first-order chi connectivity index (χ1) is 16.4. The molecule has 0 unspecified atom stereocenters. The van der Waals surface area contributed by atoms with Crippen molar-refractivity contribution in [3.05, 3.63) is 93.8 Å². The Balaban J connectivity index is 1.61. The smallest absolute Gasteiger partial charge is 0.283 e. The van der Waals surface area contributed by atoms with Crippen LogP contribution in [0.3, 0.4) is 0 Å². The van der Waals surface area contributed by atoms with Crippen LogP contribution in [0.4, 0.5) is 5.69 Å². The summed E-state index contributed by atoms with van der Waals surface area (Å²) < 4.78 is 1.62. The summed E-state index contributed by atoms with van der Waals surface area (Å²) in [6.45, 7) is 5.96. The molecule has 5 rings (SSSR count). The van der Waals surface area contributed by atoms with Crippen molar-refractivity contribution in [1.82, 2.24) is 14.5 Å². The fourth-order valence-corrected chi connectivity index (χ4v) is 4.86. The number of thioether (sulfide) groups is 1. The van der Waals surface area contributed by atoms with Crippen molar-refractivity contribution in [2.24, 2.45) is 0 Å². The summed E-state index contributed by atoms with van der Waals surface area (Å²) in [5.41, 5.74) is 6.35. The van der Waals surface area contributed by atoms with Crippen LogP contribution in [0.25, 0.3) is 27.6 Å². The number of anilines is 1. The Hall–Kier alpha value is -3.84. The van der Waals surface area contributed by atoms with E-state index in [1.54, 1.807) is 4.57 Å². The number of hydrogen-bond acceptors (Lipinski definition) is 4. The molecular formula is C27H24N4O2S. The van der Waals surface area contributed by atoms with Gasteiger partial charge in [0.05, 0.1) is 11.4 Å². The molecule has 0 bridgehead atoms. The number of aromatic nitrogens is 3. The number of para-hydroxylation sites is 2. The monoisotopic (exact) mass is 468 g/mol. The second kappa shape index (κ2) is 8.83. The van der Waals surface area contributed by atoms with Gasteiger partial charge in [-0.15, -0.1) is 0 Å². The molecule has 0 spiro atoms. The summed E-state index contributed by atoms with van der Waals surface area (Å²) in [6.07, 6.45) is 0. The lowest BCUT2D eigenvalue weighted by atomic mass is 10.1. The Morgan fingerprint density at radius 1 is 0.971 bits per heavy atom. The number of hydrogen-bond donors (Lipinski definition) is 2. The average molecular weight is 469 g/mol. The number of rotatable bonds is 5. The minimum Gasteiger partial charge on any atom is -0.349 e. The quantitative estimate of drug-likeness (QED) is 0.263. The van der Waals surface area contributed by atoms with E-state index in [4.69, 9.17) is 4.98 Å². The molecule has 1 amide bonds. The summed E-state index contributed by atoms with van der Waals surface area (Å²) in [5, 5.41) is 4.32. The number of carbonyl (C=O) groups excluding carboxylic acids is 1. The minimum absolute atomic E-state index is 0.125. The maximum atomic E-state index is 13.7. The fourth-order valence-electron chi connectivity index (χ4n) is 4.06. The first-order valence-electron chi connectivity index (χ1n) is 11.0. The molecule has 0 atom stereocenters. The van der Waals surface area contributed by atoms with E-state index in [2.05, 4.69) is 10.3 Å². The maximum Gasteiger partial charge on any atom is 0.283 e. The number of fused-ring (bicyclic) bond motifs is 3. The SMILES string of the molecule is Cc1ccccc1NC(=O)CSc1nc2c([nH]c3ccccc32)c(=O)n1-c1cccc(C)c1C. The largest absolute Gasteiger partial charge is 0.349 e. The molecule has 2 aromatic heterocycles. The molecule has 0 aliphatic heterocycles. The van der Waals surface area contributed by atoms with Crippen LogP contribution in [-0.2, 0) is 4.79 Å². The van der Waals surface area contributed by atoms with E-state index in [0.29, 0.717) is 16.2 Å². The summed E-state index contributed by atoms with van der Waals surface area (Å²) in [5.74, 6) is -0.0282. The zero-order valence-corrected chi connectivity index (χ0v) is 20.0. The fraction of sp³-hybridized carbons (Fsp3) is 0.148. The Morgan fingerprint density at radius 2 is 1.71 bits per heavy atom. The van der Waals surface area contributed by atoms with E-state index in [0.717, 1.165) is 39.0 Å². The Labute approximate surface area is 201 Å². The van der Waals surface area contributed by atoms with Crippen molar-refractivity contribution in [3.63, 3.8) is 0 Å². The molecule has 0 radical (unpaired) electrons. The van der Waals surface area contributed by atoms with Gasteiger partial charge in [0.2, 0.25) is 5.91 Å². The number of H-pyrrole nitrogens is 1. The average Bonchev–Trinajstić information content (AvgIpc) is 3.21. The highest BCUT2D eigenvalue weighted by molar-refractivity contribution is 7.99. The molecule has 34 heavy (non-hydrogen) atoms. The van der Waals surface area contributed by atoms with E-state index in [9.17, 15) is 9.59 Å². The molecule has 0 aliphatic rings. The maximum absolute atomic E-state index is 13.7. The molecule has 0 saturated carbocycles. The number of carbonyl (C=O) groups is 1. The van der Waals surface area contributed by atoms with E-state index in [1.165, 1.54) is 11.8 Å². The van der Waals surface area contributed by atoms with Crippen molar-refractivity contribution in [1.29, 1.82) is 0 Å². The molecule has 0 aliphatic carbocycles. The first kappa shape index (κ1) is 22.0. The predicted octanol–water partition coefficient (Wildman–Crippen LogP) is 5.52. The molecule has 3 aromatic carbocycles. The number of nitrogens with one attached hydrogen (secondary N) is 2. The second-order valence-corrected chi connectivity index (χ2v) is 9.24. The summed E-state index contributed by atoms with van der Waals surface area (Å²) >= 11 is 1.26. The van der Waals surface area contributed by atoms with Gasteiger partial charge in [0.1, 0.15) is 11.0 Å². The van der Waals surface area contributed by atoms with Gasteiger partial charge >= 0.3 is 0 Å². The molecule has 7 heteroatoms. The molecule has 0 fully saturated rings. The van der Waals surface area contributed by atoms with Gasteiger partial charge in [-0.05, 0) is 55.7 Å². The molecule has 0 saturated heterocycles. The number of amides is 1. The lowest BCUT2D eigenvalue weighted by Crippen LogP contribution is -2.24. The predicted molar refractivity (Wildman–Crippen MR) is 139 cm³/mol. The summed E-state index contributed by atoms with van der Waals surface area (Å²) in [6, 6.07) is 21.2. The van der Waals surface area contributed by atoms with Crippen molar-refractivity contribution >= 4 is 45.3 Å². The van der Waals surface area contributed by atoms with Crippen LogP contribution in [0.1, 0.15) is 16.7 Å². The van der Waals surface area contributed by atoms with Crippen LogP contribution in [0.15, 0.2) is 76.7 Å². The van der Waals surface area contributed by atoms with Gasteiger partial charge < -0.3 is 10.3 Å². The normalized spacial score (nSPS) is 11.3. The molecule has 5 aromatic rings. The third-order valence-electron chi connectivity index (χ3n) is 6.06. The van der Waals surface area contributed by atoms with Crippen LogP contribution < -0.4 is 10.9 Å². The van der Waals surface area contributed by atoms with E-state index < -0.39 is 0 Å². The van der Waals surface area contributed by atoms with Gasteiger partial charge in [0.25, 0.3) is 5.56 Å². The van der Waals surface area contributed by atoms with Crippen molar-refractivity contribution in [2.45, 2.75) is 25.9 Å². The minimum atomic E-state index is -0.184. The van der Waals surface area contributed by atoms with E-state index in [1.807, 2.05) is 87.5 Å². The van der Waals surface area contributed by atoms with Crippen molar-refractivity contribution in [3.8, 4) is 5.69 Å².